The second-order valence-electron chi connectivity index (χ2n) is 7.35. The van der Waals surface area contributed by atoms with Crippen molar-refractivity contribution in [2.75, 3.05) is 32.7 Å². The van der Waals surface area contributed by atoms with Crippen LogP contribution in [0.3, 0.4) is 0 Å². The predicted octanol–water partition coefficient (Wildman–Crippen LogP) is 2.63. The summed E-state index contributed by atoms with van der Waals surface area (Å²) in [6.45, 7) is 4.38. The van der Waals surface area contributed by atoms with Crippen LogP contribution in [0.5, 0.6) is 0 Å². The summed E-state index contributed by atoms with van der Waals surface area (Å²) in [4.78, 5) is 2.86. The van der Waals surface area contributed by atoms with Crippen LogP contribution in [0.15, 0.2) is 65.6 Å². The summed E-state index contributed by atoms with van der Waals surface area (Å²) < 4.78 is 27.2. The molecule has 2 heterocycles. The van der Waals surface area contributed by atoms with Gasteiger partial charge in [0.15, 0.2) is 0 Å². The third kappa shape index (κ3) is 3.36. The number of likely N-dealkylation sites (tertiary alicyclic amines) is 1. The van der Waals surface area contributed by atoms with Gasteiger partial charge in [0.2, 0.25) is 10.0 Å². The zero-order valence-electron chi connectivity index (χ0n) is 14.3. The third-order valence-electron chi connectivity index (χ3n) is 5.46. The maximum atomic E-state index is 12.8. The summed E-state index contributed by atoms with van der Waals surface area (Å²) in [6, 6.07) is 19.3. The fourth-order valence-electron chi connectivity index (χ4n) is 4.09. The summed E-state index contributed by atoms with van der Waals surface area (Å²) in [5.74, 6) is 0. The monoisotopic (exact) mass is 356 g/mol. The summed E-state index contributed by atoms with van der Waals surface area (Å²) in [5.41, 5.74) is 1.53. The lowest BCUT2D eigenvalue weighted by molar-refractivity contribution is 0.0142. The molecule has 2 saturated heterocycles. The van der Waals surface area contributed by atoms with E-state index in [1.54, 1.807) is 28.6 Å². The maximum Gasteiger partial charge on any atom is 0.243 e. The molecular weight excluding hydrogens is 332 g/mol. The maximum absolute atomic E-state index is 12.8. The lowest BCUT2D eigenvalue weighted by Crippen LogP contribution is -2.58. The van der Waals surface area contributed by atoms with Crippen molar-refractivity contribution in [2.24, 2.45) is 5.41 Å². The van der Waals surface area contributed by atoms with E-state index in [2.05, 4.69) is 29.2 Å². The van der Waals surface area contributed by atoms with Crippen molar-refractivity contribution >= 4 is 10.0 Å². The van der Waals surface area contributed by atoms with Crippen molar-refractivity contribution in [3.05, 3.63) is 66.2 Å². The number of rotatable bonds is 5. The predicted molar refractivity (Wildman–Crippen MR) is 98.8 cm³/mol. The molecule has 2 aliphatic heterocycles. The number of hydrogen-bond acceptors (Lipinski definition) is 3. The van der Waals surface area contributed by atoms with Gasteiger partial charge in [0.25, 0.3) is 0 Å². The van der Waals surface area contributed by atoms with E-state index in [0.29, 0.717) is 18.0 Å². The van der Waals surface area contributed by atoms with Gasteiger partial charge < -0.3 is 4.90 Å². The van der Waals surface area contributed by atoms with Crippen LogP contribution in [-0.2, 0) is 16.4 Å². The molecule has 5 heteroatoms. The van der Waals surface area contributed by atoms with Crippen LogP contribution in [0.25, 0.3) is 0 Å². The molecule has 0 saturated carbocycles. The zero-order chi connectivity index (χ0) is 17.3. The molecule has 0 bridgehead atoms. The minimum atomic E-state index is -3.34. The Kier molecular flexibility index (Phi) is 4.40. The first-order valence-corrected chi connectivity index (χ1v) is 10.3. The summed E-state index contributed by atoms with van der Waals surface area (Å²) in [5, 5.41) is 0. The minimum absolute atomic E-state index is 0.165. The van der Waals surface area contributed by atoms with E-state index in [0.717, 1.165) is 32.5 Å². The van der Waals surface area contributed by atoms with Crippen LogP contribution < -0.4 is 0 Å². The summed E-state index contributed by atoms with van der Waals surface area (Å²) >= 11 is 0. The van der Waals surface area contributed by atoms with Crippen LogP contribution in [0.1, 0.15) is 12.0 Å². The van der Waals surface area contributed by atoms with Crippen molar-refractivity contribution in [3.63, 3.8) is 0 Å². The molecule has 0 N–H and O–H groups in total. The molecule has 0 radical (unpaired) electrons. The lowest BCUT2D eigenvalue weighted by Gasteiger charge is -2.48. The first kappa shape index (κ1) is 16.8. The Morgan fingerprint density at radius 3 is 2.20 bits per heavy atom. The van der Waals surface area contributed by atoms with Gasteiger partial charge in [-0.1, -0.05) is 48.5 Å². The van der Waals surface area contributed by atoms with Crippen molar-refractivity contribution in [1.82, 2.24) is 9.21 Å². The van der Waals surface area contributed by atoms with Gasteiger partial charge in [-0.25, -0.2) is 8.42 Å². The second kappa shape index (κ2) is 6.56. The Morgan fingerprint density at radius 1 is 0.880 bits per heavy atom. The molecule has 2 aliphatic rings. The van der Waals surface area contributed by atoms with E-state index in [1.165, 1.54) is 5.56 Å². The van der Waals surface area contributed by atoms with Crippen LogP contribution in [0.4, 0.5) is 0 Å². The molecule has 2 aromatic rings. The van der Waals surface area contributed by atoms with E-state index in [-0.39, 0.29) is 5.41 Å². The van der Waals surface area contributed by atoms with Crippen LogP contribution in [-0.4, -0.2) is 50.3 Å². The van der Waals surface area contributed by atoms with Gasteiger partial charge in [-0.05, 0) is 30.5 Å². The van der Waals surface area contributed by atoms with Crippen molar-refractivity contribution in [1.29, 1.82) is 0 Å². The molecule has 4 rings (SSSR count). The highest BCUT2D eigenvalue weighted by atomic mass is 32.2. The average Bonchev–Trinajstić information content (AvgIpc) is 3.07. The molecular formula is C20H24N2O2S. The van der Waals surface area contributed by atoms with Crippen molar-refractivity contribution < 1.29 is 8.42 Å². The highest BCUT2D eigenvalue weighted by molar-refractivity contribution is 7.89. The summed E-state index contributed by atoms with van der Waals surface area (Å²) in [7, 11) is -3.34. The molecule has 1 spiro atoms. The van der Waals surface area contributed by atoms with Gasteiger partial charge >= 0.3 is 0 Å². The van der Waals surface area contributed by atoms with Gasteiger partial charge in [-0.3, -0.25) is 0 Å². The quantitative estimate of drug-likeness (QED) is 0.827. The lowest BCUT2D eigenvalue weighted by atomic mass is 9.79. The number of hydrogen-bond donors (Lipinski definition) is 0. The van der Waals surface area contributed by atoms with E-state index in [1.807, 2.05) is 12.1 Å². The molecule has 0 unspecified atom stereocenters. The average molecular weight is 356 g/mol. The molecule has 2 fully saturated rings. The SMILES string of the molecule is O=S(=O)(c1ccccc1)N1CCC2(CN(CCc3ccccc3)C2)C1. The topological polar surface area (TPSA) is 40.6 Å². The molecule has 0 aromatic heterocycles. The largest absolute Gasteiger partial charge is 0.302 e. The number of benzene rings is 2. The number of nitrogens with zero attached hydrogens (tertiary/aromatic N) is 2. The highest BCUT2D eigenvalue weighted by Gasteiger charge is 2.49. The first-order chi connectivity index (χ1) is 12.1. The van der Waals surface area contributed by atoms with Crippen molar-refractivity contribution in [2.45, 2.75) is 17.7 Å². The van der Waals surface area contributed by atoms with Gasteiger partial charge in [-0.2, -0.15) is 4.31 Å². The van der Waals surface area contributed by atoms with E-state index in [9.17, 15) is 8.42 Å². The fraction of sp³-hybridized carbons (Fsp3) is 0.400. The molecule has 0 amide bonds. The van der Waals surface area contributed by atoms with Crippen LogP contribution >= 0.6 is 0 Å². The molecule has 0 atom stereocenters. The molecule has 132 valence electrons. The van der Waals surface area contributed by atoms with E-state index >= 15 is 0 Å². The Labute approximate surface area is 150 Å². The van der Waals surface area contributed by atoms with Gasteiger partial charge in [-0.15, -0.1) is 0 Å². The fourth-order valence-corrected chi connectivity index (χ4v) is 5.67. The first-order valence-electron chi connectivity index (χ1n) is 8.89. The van der Waals surface area contributed by atoms with Crippen LogP contribution in [0, 0.1) is 5.41 Å². The number of sulfonamides is 1. The second-order valence-corrected chi connectivity index (χ2v) is 9.29. The van der Waals surface area contributed by atoms with Crippen LogP contribution in [0.2, 0.25) is 0 Å². The Balaban J connectivity index is 1.33. The Hall–Kier alpha value is -1.69. The molecule has 0 aliphatic carbocycles. The molecule has 2 aromatic carbocycles. The van der Waals surface area contributed by atoms with E-state index < -0.39 is 10.0 Å². The Morgan fingerprint density at radius 2 is 1.52 bits per heavy atom. The minimum Gasteiger partial charge on any atom is -0.302 e. The molecule has 25 heavy (non-hydrogen) atoms. The third-order valence-corrected chi connectivity index (χ3v) is 7.32. The highest BCUT2D eigenvalue weighted by Crippen LogP contribution is 2.41. The van der Waals surface area contributed by atoms with E-state index in [4.69, 9.17) is 0 Å². The van der Waals surface area contributed by atoms with Crippen molar-refractivity contribution in [3.8, 4) is 0 Å². The van der Waals surface area contributed by atoms with Gasteiger partial charge in [0.05, 0.1) is 4.90 Å². The Bertz CT molecular complexity index is 815. The standard InChI is InChI=1S/C20H24N2O2S/c23-25(24,19-9-5-2-6-10-19)22-14-12-20(17-22)15-21(16-20)13-11-18-7-3-1-4-8-18/h1-10H,11-17H2. The normalized spacial score (nSPS) is 20.6. The summed E-state index contributed by atoms with van der Waals surface area (Å²) in [6.07, 6.45) is 2.03. The van der Waals surface area contributed by atoms with Gasteiger partial charge in [0.1, 0.15) is 0 Å². The smallest absolute Gasteiger partial charge is 0.243 e. The zero-order valence-corrected chi connectivity index (χ0v) is 15.2. The molecule has 4 nitrogen and oxygen atoms in total. The van der Waals surface area contributed by atoms with Gasteiger partial charge in [0, 0.05) is 38.1 Å².